The third kappa shape index (κ3) is 3.82. The number of amides is 1. The Labute approximate surface area is 183 Å². The van der Waals surface area contributed by atoms with Gasteiger partial charge in [-0.3, -0.25) is 4.79 Å². The smallest absolute Gasteiger partial charge is 0.345 e. The standard InChI is InChI=1S/C21H14F3N7O2/c1-11-28-20(33-30-11)15-9-27-31(18(15)21(22,23)24)14-5-3-13(4-6-14)29-19(32)12-2-7-16-17(8-12)26-10-25-16/h2-10H,1H3,(H,25,26)(H,29,32). The van der Waals surface area contributed by atoms with Crippen molar-refractivity contribution in [3.8, 4) is 17.1 Å². The van der Waals surface area contributed by atoms with E-state index < -0.39 is 11.9 Å². The summed E-state index contributed by atoms with van der Waals surface area (Å²) in [5.41, 5.74) is 1.02. The molecule has 9 nitrogen and oxygen atoms in total. The summed E-state index contributed by atoms with van der Waals surface area (Å²) in [6.45, 7) is 1.50. The van der Waals surface area contributed by atoms with E-state index in [4.69, 9.17) is 4.52 Å². The Morgan fingerprint density at radius 3 is 2.64 bits per heavy atom. The van der Waals surface area contributed by atoms with Gasteiger partial charge in [0.1, 0.15) is 0 Å². The Morgan fingerprint density at radius 2 is 1.94 bits per heavy atom. The average Bonchev–Trinajstić information content (AvgIpc) is 3.52. The number of fused-ring (bicyclic) bond motifs is 1. The minimum absolute atomic E-state index is 0.140. The fourth-order valence-corrected chi connectivity index (χ4v) is 3.35. The molecule has 166 valence electrons. The summed E-state index contributed by atoms with van der Waals surface area (Å²) in [6, 6.07) is 10.8. The number of imidazole rings is 1. The number of carbonyl (C=O) groups excluding carboxylic acids is 1. The first kappa shape index (κ1) is 20.4. The van der Waals surface area contributed by atoms with Crippen LogP contribution in [0.2, 0.25) is 0 Å². The molecule has 0 saturated carbocycles. The Morgan fingerprint density at radius 1 is 1.15 bits per heavy atom. The van der Waals surface area contributed by atoms with E-state index in [2.05, 4.69) is 30.5 Å². The van der Waals surface area contributed by atoms with Crippen LogP contribution < -0.4 is 5.32 Å². The van der Waals surface area contributed by atoms with Crippen LogP contribution in [0.3, 0.4) is 0 Å². The predicted molar refractivity (Wildman–Crippen MR) is 111 cm³/mol. The van der Waals surface area contributed by atoms with Gasteiger partial charge >= 0.3 is 6.18 Å². The Kier molecular flexibility index (Phi) is 4.69. The molecule has 0 spiro atoms. The molecule has 3 aromatic heterocycles. The highest BCUT2D eigenvalue weighted by Gasteiger charge is 2.40. The Bertz CT molecular complexity index is 1470. The van der Waals surface area contributed by atoms with Gasteiger partial charge in [0, 0.05) is 11.3 Å². The summed E-state index contributed by atoms with van der Waals surface area (Å²) in [7, 11) is 0. The van der Waals surface area contributed by atoms with Crippen LogP contribution in [0, 0.1) is 6.92 Å². The predicted octanol–water partition coefficient (Wildman–Crippen LogP) is 4.38. The molecule has 2 N–H and O–H groups in total. The van der Waals surface area contributed by atoms with Gasteiger partial charge in [0.15, 0.2) is 11.5 Å². The number of benzene rings is 2. The van der Waals surface area contributed by atoms with Crippen LogP contribution >= 0.6 is 0 Å². The molecule has 0 atom stereocenters. The summed E-state index contributed by atoms with van der Waals surface area (Å²) in [5.74, 6) is -0.440. The van der Waals surface area contributed by atoms with E-state index in [-0.39, 0.29) is 28.9 Å². The number of carbonyl (C=O) groups is 1. The summed E-state index contributed by atoms with van der Waals surface area (Å²) in [4.78, 5) is 23.4. The van der Waals surface area contributed by atoms with E-state index in [1.165, 1.54) is 37.5 Å². The fourth-order valence-electron chi connectivity index (χ4n) is 3.35. The maximum Gasteiger partial charge on any atom is 0.434 e. The van der Waals surface area contributed by atoms with Crippen LogP contribution in [0.15, 0.2) is 59.5 Å². The van der Waals surface area contributed by atoms with Crippen LogP contribution in [-0.2, 0) is 6.18 Å². The van der Waals surface area contributed by atoms with E-state index in [1.807, 2.05) is 0 Å². The van der Waals surface area contributed by atoms with E-state index in [0.717, 1.165) is 16.4 Å². The lowest BCUT2D eigenvalue weighted by Gasteiger charge is -2.12. The second-order valence-electron chi connectivity index (χ2n) is 7.10. The number of hydrogen-bond acceptors (Lipinski definition) is 6. The average molecular weight is 453 g/mol. The van der Waals surface area contributed by atoms with Crippen molar-refractivity contribution in [1.29, 1.82) is 0 Å². The second kappa shape index (κ2) is 7.58. The van der Waals surface area contributed by atoms with Crippen molar-refractivity contribution in [3.05, 3.63) is 72.1 Å². The molecule has 1 amide bonds. The molecule has 0 aliphatic rings. The van der Waals surface area contributed by atoms with E-state index >= 15 is 0 Å². The zero-order chi connectivity index (χ0) is 23.2. The first-order valence-corrected chi connectivity index (χ1v) is 9.60. The van der Waals surface area contributed by atoms with Crippen molar-refractivity contribution in [2.75, 3.05) is 5.32 Å². The lowest BCUT2D eigenvalue weighted by atomic mass is 10.2. The van der Waals surface area contributed by atoms with Crippen molar-refractivity contribution in [1.82, 2.24) is 29.9 Å². The van der Waals surface area contributed by atoms with Crippen LogP contribution in [0.5, 0.6) is 0 Å². The van der Waals surface area contributed by atoms with Gasteiger partial charge in [-0.15, -0.1) is 0 Å². The highest BCUT2D eigenvalue weighted by molar-refractivity contribution is 6.05. The van der Waals surface area contributed by atoms with Crippen LogP contribution in [-0.4, -0.2) is 35.8 Å². The third-order valence-electron chi connectivity index (χ3n) is 4.85. The van der Waals surface area contributed by atoms with Crippen molar-refractivity contribution >= 4 is 22.6 Å². The van der Waals surface area contributed by atoms with Gasteiger partial charge in [0.2, 0.25) is 0 Å². The van der Waals surface area contributed by atoms with E-state index in [9.17, 15) is 18.0 Å². The number of anilines is 1. The van der Waals surface area contributed by atoms with Crippen molar-refractivity contribution in [2.24, 2.45) is 0 Å². The molecule has 5 aromatic rings. The SMILES string of the molecule is Cc1noc(-c2cnn(-c3ccc(NC(=O)c4ccc5nc[nH]c5c4)cc3)c2C(F)(F)F)n1. The number of halogens is 3. The molecular weight excluding hydrogens is 439 g/mol. The number of aromatic nitrogens is 6. The van der Waals surface area contributed by atoms with Crippen molar-refractivity contribution < 1.29 is 22.5 Å². The minimum Gasteiger partial charge on any atom is -0.345 e. The number of aryl methyl sites for hydroxylation is 1. The summed E-state index contributed by atoms with van der Waals surface area (Å²) >= 11 is 0. The van der Waals surface area contributed by atoms with Gasteiger partial charge in [-0.1, -0.05) is 5.16 Å². The molecule has 12 heteroatoms. The van der Waals surface area contributed by atoms with Gasteiger partial charge in [-0.25, -0.2) is 9.67 Å². The van der Waals surface area contributed by atoms with Gasteiger partial charge in [0.05, 0.1) is 34.8 Å². The number of alkyl halides is 3. The first-order valence-electron chi connectivity index (χ1n) is 9.60. The molecule has 0 saturated heterocycles. The molecule has 5 rings (SSSR count). The third-order valence-corrected chi connectivity index (χ3v) is 4.85. The molecular formula is C21H14F3N7O2. The molecule has 0 radical (unpaired) electrons. The number of rotatable bonds is 4. The number of hydrogen-bond donors (Lipinski definition) is 2. The van der Waals surface area contributed by atoms with Crippen LogP contribution in [0.1, 0.15) is 21.9 Å². The summed E-state index contributed by atoms with van der Waals surface area (Å²) in [5, 5.41) is 10.1. The first-order chi connectivity index (χ1) is 15.8. The normalized spacial score (nSPS) is 11.8. The Balaban J connectivity index is 1.42. The molecule has 0 fully saturated rings. The number of nitrogens with zero attached hydrogens (tertiary/aromatic N) is 5. The molecule has 2 aromatic carbocycles. The van der Waals surface area contributed by atoms with Gasteiger partial charge in [-0.05, 0) is 49.4 Å². The highest BCUT2D eigenvalue weighted by Crippen LogP contribution is 2.38. The van der Waals surface area contributed by atoms with Gasteiger partial charge in [0.25, 0.3) is 11.8 Å². The van der Waals surface area contributed by atoms with Crippen LogP contribution in [0.4, 0.5) is 18.9 Å². The summed E-state index contributed by atoms with van der Waals surface area (Å²) in [6.07, 6.45) is -2.18. The maximum absolute atomic E-state index is 13.8. The summed E-state index contributed by atoms with van der Waals surface area (Å²) < 4.78 is 47.1. The largest absolute Gasteiger partial charge is 0.434 e. The maximum atomic E-state index is 13.8. The molecule has 0 bridgehead atoms. The lowest BCUT2D eigenvalue weighted by molar-refractivity contribution is -0.142. The molecule has 0 aliphatic carbocycles. The molecule has 3 heterocycles. The number of nitrogens with one attached hydrogen (secondary N) is 2. The van der Waals surface area contributed by atoms with E-state index in [1.54, 1.807) is 18.2 Å². The van der Waals surface area contributed by atoms with E-state index in [0.29, 0.717) is 16.8 Å². The van der Waals surface area contributed by atoms with Crippen molar-refractivity contribution in [3.63, 3.8) is 0 Å². The monoisotopic (exact) mass is 453 g/mol. The fraction of sp³-hybridized carbons (Fsp3) is 0.0952. The minimum atomic E-state index is -4.73. The van der Waals surface area contributed by atoms with Crippen LogP contribution in [0.25, 0.3) is 28.2 Å². The molecule has 0 aliphatic heterocycles. The zero-order valence-corrected chi connectivity index (χ0v) is 16.9. The quantitative estimate of drug-likeness (QED) is 0.418. The zero-order valence-electron chi connectivity index (χ0n) is 16.9. The number of aromatic amines is 1. The topological polar surface area (TPSA) is 115 Å². The van der Waals surface area contributed by atoms with Crippen molar-refractivity contribution in [2.45, 2.75) is 13.1 Å². The Hall–Kier alpha value is -4.48. The molecule has 0 unspecified atom stereocenters. The highest BCUT2D eigenvalue weighted by atomic mass is 19.4. The molecule has 33 heavy (non-hydrogen) atoms. The van der Waals surface area contributed by atoms with Gasteiger partial charge in [-0.2, -0.15) is 23.3 Å². The lowest BCUT2D eigenvalue weighted by Crippen LogP contribution is -2.15. The van der Waals surface area contributed by atoms with Gasteiger partial charge < -0.3 is 14.8 Å². The number of H-pyrrole nitrogens is 1. The second-order valence-corrected chi connectivity index (χ2v) is 7.10.